The minimum Gasteiger partial charge on any atom is -0.452 e. The second-order valence-electron chi connectivity index (χ2n) is 6.30. The first-order chi connectivity index (χ1) is 14.4. The Morgan fingerprint density at radius 2 is 1.57 bits per heavy atom. The van der Waals surface area contributed by atoms with Crippen molar-refractivity contribution in [3.8, 4) is 0 Å². The molecule has 0 bridgehead atoms. The van der Waals surface area contributed by atoms with Gasteiger partial charge in [0.1, 0.15) is 0 Å². The summed E-state index contributed by atoms with van der Waals surface area (Å²) < 4.78 is 9.70. The second kappa shape index (κ2) is 9.10. The number of hydrogen-bond acceptors (Lipinski definition) is 7. The third kappa shape index (κ3) is 4.26. The van der Waals surface area contributed by atoms with Crippen LogP contribution in [-0.4, -0.2) is 56.3 Å². The van der Waals surface area contributed by atoms with Gasteiger partial charge in [-0.1, -0.05) is 36.4 Å². The van der Waals surface area contributed by atoms with Crippen LogP contribution in [0.1, 0.15) is 42.2 Å². The summed E-state index contributed by atoms with van der Waals surface area (Å²) in [5.41, 5.74) is 0.358. The van der Waals surface area contributed by atoms with Gasteiger partial charge < -0.3 is 14.8 Å². The van der Waals surface area contributed by atoms with Gasteiger partial charge in [0.25, 0.3) is 5.91 Å². The van der Waals surface area contributed by atoms with Crippen molar-refractivity contribution in [1.82, 2.24) is 10.6 Å². The Labute approximate surface area is 171 Å². The number of carbonyl (C=O) groups excluding carboxylic acids is 5. The number of benzene rings is 2. The largest absolute Gasteiger partial charge is 0.452 e. The van der Waals surface area contributed by atoms with Crippen LogP contribution in [0.5, 0.6) is 0 Å². The predicted octanol–water partition coefficient (Wildman–Crippen LogP) is 1.09. The van der Waals surface area contributed by atoms with Gasteiger partial charge in [0.15, 0.2) is 18.2 Å². The van der Waals surface area contributed by atoms with Gasteiger partial charge in [-0.05, 0) is 6.07 Å². The Hall–Kier alpha value is -3.85. The molecule has 30 heavy (non-hydrogen) atoms. The van der Waals surface area contributed by atoms with E-state index in [0.29, 0.717) is 0 Å². The number of hydrogen-bond donors (Lipinski definition) is 2. The molecule has 2 N–H and O–H groups in total. The average Bonchev–Trinajstić information content (AvgIpc) is 2.75. The zero-order chi connectivity index (χ0) is 21.7. The van der Waals surface area contributed by atoms with Gasteiger partial charge in [-0.2, -0.15) is 0 Å². The van der Waals surface area contributed by atoms with Crippen LogP contribution in [-0.2, 0) is 14.3 Å². The van der Waals surface area contributed by atoms with E-state index in [0.717, 1.165) is 0 Å². The van der Waals surface area contributed by atoms with Gasteiger partial charge in [-0.25, -0.2) is 9.59 Å². The van der Waals surface area contributed by atoms with Gasteiger partial charge in [0.2, 0.25) is 0 Å². The van der Waals surface area contributed by atoms with Crippen molar-refractivity contribution in [3.05, 3.63) is 70.3 Å². The number of methoxy groups -OCH3 is 1. The van der Waals surface area contributed by atoms with Crippen molar-refractivity contribution >= 4 is 29.5 Å². The fourth-order valence-corrected chi connectivity index (χ4v) is 3.00. The highest BCUT2D eigenvalue weighted by atomic mass is 16.5. The highest BCUT2D eigenvalue weighted by Crippen LogP contribution is 2.29. The molecule has 0 unspecified atom stereocenters. The molecule has 1 aliphatic rings. The lowest BCUT2D eigenvalue weighted by Crippen LogP contribution is -2.42. The number of amides is 3. The molecule has 154 valence electrons. The van der Waals surface area contributed by atoms with Crippen LogP contribution < -0.4 is 10.6 Å². The van der Waals surface area contributed by atoms with Crippen molar-refractivity contribution in [3.63, 3.8) is 0 Å². The van der Waals surface area contributed by atoms with E-state index in [1.807, 2.05) is 5.32 Å². The van der Waals surface area contributed by atoms with Crippen molar-refractivity contribution < 1.29 is 33.4 Å². The fraction of sp³-hybridized carbons (Fsp3) is 0.190. The van der Waals surface area contributed by atoms with Crippen molar-refractivity contribution in [2.75, 3.05) is 26.9 Å². The van der Waals surface area contributed by atoms with Crippen LogP contribution in [0.4, 0.5) is 4.79 Å². The lowest BCUT2D eigenvalue weighted by Gasteiger charge is -2.19. The molecule has 2 aromatic carbocycles. The van der Waals surface area contributed by atoms with Gasteiger partial charge in [0, 0.05) is 35.9 Å². The molecule has 0 saturated heterocycles. The van der Waals surface area contributed by atoms with E-state index < -0.39 is 30.3 Å². The Kier molecular flexibility index (Phi) is 6.33. The molecule has 0 aromatic heterocycles. The summed E-state index contributed by atoms with van der Waals surface area (Å²) in [7, 11) is 1.46. The maximum absolute atomic E-state index is 12.9. The summed E-state index contributed by atoms with van der Waals surface area (Å²) in [6, 6.07) is 9.83. The Morgan fingerprint density at radius 1 is 0.900 bits per heavy atom. The predicted molar refractivity (Wildman–Crippen MR) is 103 cm³/mol. The Morgan fingerprint density at radius 3 is 2.27 bits per heavy atom. The summed E-state index contributed by atoms with van der Waals surface area (Å²) in [4.78, 5) is 61.4. The van der Waals surface area contributed by atoms with Crippen LogP contribution in [0, 0.1) is 0 Å². The number of rotatable bonds is 6. The maximum Gasteiger partial charge on any atom is 0.339 e. The number of fused-ring (bicyclic) bond motifs is 2. The van der Waals surface area contributed by atoms with E-state index in [-0.39, 0.29) is 46.8 Å². The van der Waals surface area contributed by atoms with E-state index in [2.05, 4.69) is 5.32 Å². The monoisotopic (exact) mass is 410 g/mol. The minimum atomic E-state index is -0.956. The molecule has 0 saturated carbocycles. The molecule has 0 radical (unpaired) electrons. The standard InChI is InChI=1S/C21H18N2O7/c1-29-10-9-22-21(28)23-16(24)11-30-20(27)15-8-4-7-14-17(15)19(26)13-6-3-2-5-12(13)18(14)25/h2-8H,9-11H2,1H3,(H2,22,23,24,28). The normalized spacial score (nSPS) is 11.9. The molecule has 9 heteroatoms. The summed E-state index contributed by atoms with van der Waals surface area (Å²) in [5, 5.41) is 4.37. The van der Waals surface area contributed by atoms with Gasteiger partial charge >= 0.3 is 12.0 Å². The van der Waals surface area contributed by atoms with Crippen molar-refractivity contribution in [2.45, 2.75) is 0 Å². The van der Waals surface area contributed by atoms with Crippen molar-refractivity contribution in [1.29, 1.82) is 0 Å². The molecule has 2 aromatic rings. The highest BCUT2D eigenvalue weighted by molar-refractivity contribution is 6.30. The van der Waals surface area contributed by atoms with E-state index >= 15 is 0 Å². The molecular formula is C21H18N2O7. The van der Waals surface area contributed by atoms with Crippen LogP contribution in [0.25, 0.3) is 0 Å². The Balaban J connectivity index is 1.71. The Bertz CT molecular complexity index is 1050. The number of ether oxygens (including phenoxy) is 2. The number of esters is 1. The molecule has 0 atom stereocenters. The molecule has 3 amide bonds. The van der Waals surface area contributed by atoms with E-state index in [9.17, 15) is 24.0 Å². The molecule has 0 spiro atoms. The molecule has 3 rings (SSSR count). The number of carbonyl (C=O) groups is 5. The zero-order valence-corrected chi connectivity index (χ0v) is 16.0. The smallest absolute Gasteiger partial charge is 0.339 e. The van der Waals surface area contributed by atoms with E-state index in [1.54, 1.807) is 18.2 Å². The molecule has 0 heterocycles. The summed E-state index contributed by atoms with van der Waals surface area (Å²) >= 11 is 0. The first kappa shape index (κ1) is 20.9. The lowest BCUT2D eigenvalue weighted by molar-refractivity contribution is -0.123. The number of nitrogens with one attached hydrogen (secondary N) is 2. The number of ketones is 2. The maximum atomic E-state index is 12.9. The molecule has 1 aliphatic carbocycles. The number of urea groups is 1. The fourth-order valence-electron chi connectivity index (χ4n) is 3.00. The lowest BCUT2D eigenvalue weighted by atomic mass is 9.82. The summed E-state index contributed by atoms with van der Waals surface area (Å²) in [6.07, 6.45) is 0. The molecule has 0 aliphatic heterocycles. The van der Waals surface area contributed by atoms with E-state index in [4.69, 9.17) is 9.47 Å². The summed E-state index contributed by atoms with van der Waals surface area (Å²) in [5.74, 6) is -2.66. The third-order valence-electron chi connectivity index (χ3n) is 4.35. The van der Waals surface area contributed by atoms with Gasteiger partial charge in [-0.3, -0.25) is 19.7 Å². The number of imide groups is 1. The molecule has 9 nitrogen and oxygen atoms in total. The van der Waals surface area contributed by atoms with Gasteiger partial charge in [-0.15, -0.1) is 0 Å². The quantitative estimate of drug-likeness (QED) is 0.460. The first-order valence-electron chi connectivity index (χ1n) is 8.99. The van der Waals surface area contributed by atoms with Crippen molar-refractivity contribution in [2.24, 2.45) is 0 Å². The van der Waals surface area contributed by atoms with E-state index in [1.165, 1.54) is 31.4 Å². The third-order valence-corrected chi connectivity index (χ3v) is 4.35. The van der Waals surface area contributed by atoms with Gasteiger partial charge in [0.05, 0.1) is 12.2 Å². The zero-order valence-electron chi connectivity index (χ0n) is 16.0. The van der Waals surface area contributed by atoms with Crippen LogP contribution in [0.15, 0.2) is 42.5 Å². The van der Waals surface area contributed by atoms with Crippen LogP contribution in [0.3, 0.4) is 0 Å². The van der Waals surface area contributed by atoms with Crippen LogP contribution in [0.2, 0.25) is 0 Å². The first-order valence-corrected chi connectivity index (χ1v) is 8.99. The molecule has 0 fully saturated rings. The minimum absolute atomic E-state index is 0.0658. The molecular weight excluding hydrogens is 392 g/mol. The second-order valence-corrected chi connectivity index (χ2v) is 6.30. The SMILES string of the molecule is COCCNC(=O)NC(=O)COC(=O)c1cccc2c1C(=O)c1ccccc1C2=O. The highest BCUT2D eigenvalue weighted by Gasteiger charge is 2.33. The van der Waals surface area contributed by atoms with Crippen LogP contribution >= 0.6 is 0 Å². The summed E-state index contributed by atoms with van der Waals surface area (Å²) in [6.45, 7) is -0.270. The average molecular weight is 410 g/mol. The topological polar surface area (TPSA) is 128 Å².